The van der Waals surface area contributed by atoms with E-state index in [1.807, 2.05) is 6.26 Å². The molecule has 0 spiro atoms. The molecule has 4 rings (SSSR count). The summed E-state index contributed by atoms with van der Waals surface area (Å²) < 4.78 is 41.7. The summed E-state index contributed by atoms with van der Waals surface area (Å²) in [6.45, 7) is 0. The van der Waals surface area contributed by atoms with Crippen LogP contribution in [-0.4, -0.2) is 39.8 Å². The van der Waals surface area contributed by atoms with Crippen molar-refractivity contribution in [3.63, 3.8) is 0 Å². The van der Waals surface area contributed by atoms with E-state index in [-0.39, 0.29) is 22.6 Å². The van der Waals surface area contributed by atoms with Gasteiger partial charge in [0.1, 0.15) is 11.3 Å². The Hall–Kier alpha value is -2.94. The second-order valence-corrected chi connectivity index (χ2v) is 6.37. The summed E-state index contributed by atoms with van der Waals surface area (Å²) >= 11 is 1.40. The number of thioether (sulfide) groups is 1. The van der Waals surface area contributed by atoms with Crippen LogP contribution in [0.3, 0.4) is 0 Å². The van der Waals surface area contributed by atoms with Gasteiger partial charge in [0.2, 0.25) is 0 Å². The van der Waals surface area contributed by atoms with Crippen molar-refractivity contribution in [2.24, 2.45) is 0 Å². The summed E-state index contributed by atoms with van der Waals surface area (Å²) in [5, 5.41) is 1.21. The number of hydrogen-bond acceptors (Lipinski definition) is 6. The molecular weight excluding hydrogens is 374 g/mol. The molecule has 0 aliphatic rings. The van der Waals surface area contributed by atoms with Crippen molar-refractivity contribution in [1.82, 2.24) is 19.4 Å². The molecule has 0 bridgehead atoms. The number of hydrogen-bond donors (Lipinski definition) is 0. The molecule has 0 aliphatic carbocycles. The SMILES string of the molecule is COc1cc(OC)c(F)c(-c2cc3cnc(SC)nc3n3ccnc23)c1F. The topological polar surface area (TPSA) is 61.5 Å². The highest BCUT2D eigenvalue weighted by Gasteiger charge is 2.24. The fraction of sp³-hybridized carbons (Fsp3) is 0.167. The minimum atomic E-state index is -0.832. The highest BCUT2D eigenvalue weighted by molar-refractivity contribution is 7.98. The van der Waals surface area contributed by atoms with Crippen LogP contribution in [0, 0.1) is 11.6 Å². The van der Waals surface area contributed by atoms with Crippen LogP contribution in [0.25, 0.3) is 27.8 Å². The van der Waals surface area contributed by atoms with Crippen LogP contribution in [0.2, 0.25) is 0 Å². The van der Waals surface area contributed by atoms with Gasteiger partial charge in [0.05, 0.1) is 19.8 Å². The van der Waals surface area contributed by atoms with E-state index in [0.29, 0.717) is 21.8 Å². The van der Waals surface area contributed by atoms with E-state index in [1.165, 1.54) is 32.0 Å². The van der Waals surface area contributed by atoms with Gasteiger partial charge in [-0.25, -0.2) is 23.7 Å². The maximum absolute atomic E-state index is 15.0. The summed E-state index contributed by atoms with van der Waals surface area (Å²) in [4.78, 5) is 13.0. The largest absolute Gasteiger partial charge is 0.494 e. The number of benzene rings is 1. The van der Waals surface area contributed by atoms with Crippen LogP contribution in [0.1, 0.15) is 0 Å². The van der Waals surface area contributed by atoms with E-state index < -0.39 is 11.6 Å². The molecule has 4 aromatic rings. The van der Waals surface area contributed by atoms with Gasteiger partial charge in [0.25, 0.3) is 0 Å². The Morgan fingerprint density at radius 3 is 2.33 bits per heavy atom. The second kappa shape index (κ2) is 6.66. The molecule has 27 heavy (non-hydrogen) atoms. The molecule has 0 atom stereocenters. The van der Waals surface area contributed by atoms with Crippen molar-refractivity contribution < 1.29 is 18.3 Å². The lowest BCUT2D eigenvalue weighted by molar-refractivity contribution is 0.360. The first-order valence-corrected chi connectivity index (χ1v) is 9.08. The molecule has 6 nitrogen and oxygen atoms in total. The van der Waals surface area contributed by atoms with E-state index >= 15 is 0 Å². The number of nitrogens with zero attached hydrogens (tertiary/aromatic N) is 4. The zero-order chi connectivity index (χ0) is 19.1. The van der Waals surface area contributed by atoms with Gasteiger partial charge < -0.3 is 9.47 Å². The highest BCUT2D eigenvalue weighted by Crippen LogP contribution is 2.40. The van der Waals surface area contributed by atoms with Gasteiger partial charge in [-0.05, 0) is 12.3 Å². The maximum atomic E-state index is 15.0. The Kier molecular flexibility index (Phi) is 4.31. The lowest BCUT2D eigenvalue weighted by Crippen LogP contribution is -2.02. The molecule has 9 heteroatoms. The van der Waals surface area contributed by atoms with Gasteiger partial charge >= 0.3 is 0 Å². The maximum Gasteiger partial charge on any atom is 0.189 e. The molecule has 0 saturated heterocycles. The summed E-state index contributed by atoms with van der Waals surface area (Å²) in [6.07, 6.45) is 6.72. The van der Waals surface area contributed by atoms with Crippen molar-refractivity contribution in [3.05, 3.63) is 42.4 Å². The average Bonchev–Trinajstić information content (AvgIpc) is 3.18. The van der Waals surface area contributed by atoms with Crippen LogP contribution >= 0.6 is 11.8 Å². The predicted molar refractivity (Wildman–Crippen MR) is 98.5 cm³/mol. The van der Waals surface area contributed by atoms with Gasteiger partial charge in [-0.2, -0.15) is 0 Å². The van der Waals surface area contributed by atoms with E-state index in [9.17, 15) is 8.78 Å². The molecule has 0 aliphatic heterocycles. The van der Waals surface area contributed by atoms with Crippen molar-refractivity contribution in [3.8, 4) is 22.6 Å². The molecule has 0 unspecified atom stereocenters. The Labute approximate surface area is 157 Å². The Balaban J connectivity index is 2.12. The van der Waals surface area contributed by atoms with Crippen LogP contribution < -0.4 is 9.47 Å². The fourth-order valence-corrected chi connectivity index (χ4v) is 3.30. The lowest BCUT2D eigenvalue weighted by atomic mass is 10.0. The number of halogens is 2. The Bertz CT molecular complexity index is 1150. The van der Waals surface area contributed by atoms with E-state index in [1.54, 1.807) is 29.1 Å². The molecule has 0 radical (unpaired) electrons. The van der Waals surface area contributed by atoms with E-state index in [2.05, 4.69) is 15.0 Å². The molecule has 0 amide bonds. The Morgan fingerprint density at radius 1 is 1.00 bits per heavy atom. The monoisotopic (exact) mass is 388 g/mol. The zero-order valence-electron chi connectivity index (χ0n) is 14.7. The number of ether oxygens (including phenoxy) is 2. The Morgan fingerprint density at radius 2 is 1.70 bits per heavy atom. The fourth-order valence-electron chi connectivity index (χ4n) is 2.96. The van der Waals surface area contributed by atoms with Gasteiger partial charge in [-0.3, -0.25) is 4.40 Å². The van der Waals surface area contributed by atoms with Gasteiger partial charge in [0.15, 0.2) is 28.3 Å². The number of aromatic nitrogens is 4. The summed E-state index contributed by atoms with van der Waals surface area (Å²) in [7, 11) is 2.62. The molecule has 1 aromatic carbocycles. The van der Waals surface area contributed by atoms with Crippen LogP contribution in [0.5, 0.6) is 11.5 Å². The van der Waals surface area contributed by atoms with Gasteiger partial charge in [0, 0.05) is 35.6 Å². The highest BCUT2D eigenvalue weighted by atomic mass is 32.2. The zero-order valence-corrected chi connectivity index (χ0v) is 15.5. The van der Waals surface area contributed by atoms with E-state index in [4.69, 9.17) is 9.47 Å². The van der Waals surface area contributed by atoms with Crippen LogP contribution in [0.15, 0.2) is 35.9 Å². The van der Waals surface area contributed by atoms with Crippen LogP contribution in [0.4, 0.5) is 8.78 Å². The molecule has 3 heterocycles. The number of methoxy groups -OCH3 is 2. The number of imidazole rings is 1. The lowest BCUT2D eigenvalue weighted by Gasteiger charge is -2.14. The van der Waals surface area contributed by atoms with Crippen molar-refractivity contribution in [2.75, 3.05) is 20.5 Å². The molecule has 0 saturated carbocycles. The van der Waals surface area contributed by atoms with E-state index in [0.717, 1.165) is 0 Å². The van der Waals surface area contributed by atoms with Gasteiger partial charge in [-0.1, -0.05) is 11.8 Å². The predicted octanol–water partition coefficient (Wildman–Crippen LogP) is 3.96. The number of rotatable bonds is 4. The summed E-state index contributed by atoms with van der Waals surface area (Å²) in [5.41, 5.74) is 0.932. The third-order valence-electron chi connectivity index (χ3n) is 4.21. The van der Waals surface area contributed by atoms with Crippen molar-refractivity contribution in [2.45, 2.75) is 5.16 Å². The third-order valence-corrected chi connectivity index (χ3v) is 4.77. The second-order valence-electron chi connectivity index (χ2n) is 5.60. The minimum absolute atomic E-state index is 0.123. The van der Waals surface area contributed by atoms with Crippen LogP contribution in [-0.2, 0) is 0 Å². The minimum Gasteiger partial charge on any atom is -0.494 e. The molecule has 138 valence electrons. The smallest absolute Gasteiger partial charge is 0.189 e. The molecule has 3 aromatic heterocycles. The quantitative estimate of drug-likeness (QED) is 0.390. The van der Waals surface area contributed by atoms with Crippen molar-refractivity contribution in [1.29, 1.82) is 0 Å². The van der Waals surface area contributed by atoms with Crippen molar-refractivity contribution >= 4 is 28.4 Å². The summed E-state index contributed by atoms with van der Waals surface area (Å²) in [6, 6.07) is 2.79. The molecule has 0 fully saturated rings. The first-order chi connectivity index (χ1) is 13.1. The average molecular weight is 388 g/mol. The number of pyridine rings is 1. The number of fused-ring (bicyclic) bond motifs is 3. The normalized spacial score (nSPS) is 11.3. The molecular formula is C18H14F2N4O2S. The molecule has 0 N–H and O–H groups in total. The first kappa shape index (κ1) is 17.5. The third kappa shape index (κ3) is 2.66. The van der Waals surface area contributed by atoms with Gasteiger partial charge in [-0.15, -0.1) is 0 Å². The first-order valence-electron chi connectivity index (χ1n) is 7.86. The standard InChI is InChI=1S/C18H14F2N4O2S/c1-25-11-7-12(26-2)15(20)13(14(11)19)10-6-9-8-22-18(27-3)23-16(9)24-5-4-21-17(10)24/h4-8H,1-3H3. The summed E-state index contributed by atoms with van der Waals surface area (Å²) in [5.74, 6) is -1.91.